The van der Waals surface area contributed by atoms with E-state index in [1.807, 2.05) is 18.2 Å². The number of hydrogen-bond donors (Lipinski definition) is 2. The predicted octanol–water partition coefficient (Wildman–Crippen LogP) is 3.05. The molecule has 3 rings (SSSR count). The van der Waals surface area contributed by atoms with Crippen molar-refractivity contribution < 1.29 is 0 Å². The predicted molar refractivity (Wildman–Crippen MR) is 84.9 cm³/mol. The van der Waals surface area contributed by atoms with Gasteiger partial charge in [0.25, 0.3) is 0 Å². The monoisotopic (exact) mass is 297 g/mol. The van der Waals surface area contributed by atoms with Gasteiger partial charge in [-0.1, -0.05) is 29.8 Å². The zero-order chi connectivity index (χ0) is 14.7. The van der Waals surface area contributed by atoms with Crippen LogP contribution >= 0.6 is 12.2 Å². The van der Waals surface area contributed by atoms with Gasteiger partial charge < -0.3 is 5.43 Å². The molecule has 21 heavy (non-hydrogen) atoms. The minimum Gasteiger partial charge on any atom is -0.317 e. The summed E-state index contributed by atoms with van der Waals surface area (Å²) >= 11 is 5.28. The van der Waals surface area contributed by atoms with Crippen LogP contribution in [0.25, 0.3) is 11.4 Å². The van der Waals surface area contributed by atoms with Crippen molar-refractivity contribution in [1.82, 2.24) is 19.9 Å². The molecule has 1 aromatic carbocycles. The number of rotatable bonds is 4. The number of aromatic amines is 1. The van der Waals surface area contributed by atoms with Crippen molar-refractivity contribution in [2.24, 2.45) is 0 Å². The van der Waals surface area contributed by atoms with Crippen molar-refractivity contribution >= 4 is 12.2 Å². The average molecular weight is 297 g/mol. The summed E-state index contributed by atoms with van der Waals surface area (Å²) in [6.45, 7) is 2.75. The highest BCUT2D eigenvalue weighted by atomic mass is 32.1. The van der Waals surface area contributed by atoms with Crippen LogP contribution in [0.15, 0.2) is 48.8 Å². The van der Waals surface area contributed by atoms with Crippen LogP contribution in [0.5, 0.6) is 0 Å². The molecule has 0 unspecified atom stereocenters. The molecule has 0 atom stereocenters. The van der Waals surface area contributed by atoms with Gasteiger partial charge in [0.2, 0.25) is 4.77 Å². The third kappa shape index (κ3) is 3.00. The number of hydrogen-bond acceptors (Lipinski definition) is 4. The molecule has 0 aliphatic heterocycles. The largest absolute Gasteiger partial charge is 0.317 e. The molecule has 106 valence electrons. The van der Waals surface area contributed by atoms with Gasteiger partial charge in [0.05, 0.1) is 6.54 Å². The number of aryl methyl sites for hydroxylation is 1. The molecule has 2 N–H and O–H groups in total. The Morgan fingerprint density at radius 2 is 2.05 bits per heavy atom. The van der Waals surface area contributed by atoms with Crippen molar-refractivity contribution in [2.45, 2.75) is 13.5 Å². The van der Waals surface area contributed by atoms with E-state index in [1.165, 1.54) is 11.1 Å². The van der Waals surface area contributed by atoms with E-state index in [0.29, 0.717) is 11.3 Å². The van der Waals surface area contributed by atoms with E-state index in [9.17, 15) is 0 Å². The highest BCUT2D eigenvalue weighted by Gasteiger charge is 2.08. The standard InChI is InChI=1S/C15H15N5S/c1-11-3-2-4-12(9-11)10-17-20-14(18-19-15(20)21)13-5-7-16-8-6-13/h2-9,17H,10H2,1H3,(H,19,21). The number of nitrogens with zero attached hydrogens (tertiary/aromatic N) is 3. The van der Waals surface area contributed by atoms with Gasteiger partial charge >= 0.3 is 0 Å². The summed E-state index contributed by atoms with van der Waals surface area (Å²) in [6.07, 6.45) is 3.47. The topological polar surface area (TPSA) is 58.5 Å². The van der Waals surface area contributed by atoms with Gasteiger partial charge in [0.15, 0.2) is 5.82 Å². The smallest absolute Gasteiger partial charge is 0.214 e. The Balaban J connectivity index is 1.86. The molecular formula is C15H15N5S. The molecule has 2 aromatic heterocycles. The lowest BCUT2D eigenvalue weighted by molar-refractivity contribution is 0.831. The molecule has 3 aromatic rings. The Bertz CT molecular complexity index is 791. The first-order chi connectivity index (χ1) is 10.2. The van der Waals surface area contributed by atoms with Gasteiger partial charge in [0, 0.05) is 18.0 Å². The van der Waals surface area contributed by atoms with E-state index < -0.39 is 0 Å². The third-order valence-corrected chi connectivity index (χ3v) is 3.41. The van der Waals surface area contributed by atoms with Crippen LogP contribution in [0.2, 0.25) is 0 Å². The van der Waals surface area contributed by atoms with Crippen LogP contribution in [0.3, 0.4) is 0 Å². The minimum absolute atomic E-state index is 0.537. The molecule has 0 bridgehead atoms. The van der Waals surface area contributed by atoms with Gasteiger partial charge in [0.1, 0.15) is 0 Å². The number of benzene rings is 1. The van der Waals surface area contributed by atoms with Crippen LogP contribution in [-0.2, 0) is 6.54 Å². The van der Waals surface area contributed by atoms with Gasteiger partial charge in [-0.3, -0.25) is 4.98 Å². The zero-order valence-electron chi connectivity index (χ0n) is 11.6. The summed E-state index contributed by atoms with van der Waals surface area (Å²) < 4.78 is 2.32. The first-order valence-corrected chi connectivity index (χ1v) is 7.02. The zero-order valence-corrected chi connectivity index (χ0v) is 12.4. The molecule has 0 amide bonds. The summed E-state index contributed by atoms with van der Waals surface area (Å²) in [5.41, 5.74) is 6.68. The molecular weight excluding hydrogens is 282 g/mol. The quantitative estimate of drug-likeness (QED) is 0.727. The molecule has 0 aliphatic carbocycles. The van der Waals surface area contributed by atoms with Crippen molar-refractivity contribution in [3.05, 3.63) is 64.7 Å². The molecule has 0 saturated carbocycles. The SMILES string of the molecule is Cc1cccc(CNn2c(-c3ccncc3)n[nH]c2=S)c1. The lowest BCUT2D eigenvalue weighted by Crippen LogP contribution is -2.16. The normalized spacial score (nSPS) is 10.5. The van der Waals surface area contributed by atoms with Crippen molar-refractivity contribution in [3.8, 4) is 11.4 Å². The lowest BCUT2D eigenvalue weighted by Gasteiger charge is -2.10. The molecule has 0 aliphatic rings. The Morgan fingerprint density at radius 3 is 2.81 bits per heavy atom. The van der Waals surface area contributed by atoms with E-state index in [0.717, 1.165) is 11.4 Å². The fraction of sp³-hybridized carbons (Fsp3) is 0.133. The van der Waals surface area contributed by atoms with Crippen LogP contribution in [-0.4, -0.2) is 19.9 Å². The molecule has 0 radical (unpaired) electrons. The van der Waals surface area contributed by atoms with E-state index in [1.54, 1.807) is 17.1 Å². The summed E-state index contributed by atoms with van der Waals surface area (Å²) in [7, 11) is 0. The average Bonchev–Trinajstić information content (AvgIpc) is 2.87. The second-order valence-electron chi connectivity index (χ2n) is 4.75. The highest BCUT2D eigenvalue weighted by molar-refractivity contribution is 7.71. The number of H-pyrrole nitrogens is 1. The number of nitrogens with one attached hydrogen (secondary N) is 2. The van der Waals surface area contributed by atoms with Gasteiger partial charge in [-0.2, -0.15) is 5.10 Å². The second kappa shape index (κ2) is 5.88. The van der Waals surface area contributed by atoms with Crippen molar-refractivity contribution in [1.29, 1.82) is 0 Å². The second-order valence-corrected chi connectivity index (χ2v) is 5.13. The Hall–Kier alpha value is -2.47. The molecule has 0 fully saturated rings. The molecule has 5 nitrogen and oxygen atoms in total. The maximum Gasteiger partial charge on any atom is 0.214 e. The fourth-order valence-electron chi connectivity index (χ4n) is 2.13. The minimum atomic E-state index is 0.537. The van der Waals surface area contributed by atoms with E-state index >= 15 is 0 Å². The first-order valence-electron chi connectivity index (χ1n) is 6.61. The van der Waals surface area contributed by atoms with Gasteiger partial charge in [-0.25, -0.2) is 9.77 Å². The summed E-state index contributed by atoms with van der Waals surface area (Å²) in [4.78, 5) is 4.02. The molecule has 2 heterocycles. The number of aromatic nitrogens is 4. The molecule has 6 heteroatoms. The summed E-state index contributed by atoms with van der Waals surface area (Å²) in [6, 6.07) is 12.1. The van der Waals surface area contributed by atoms with E-state index in [-0.39, 0.29) is 0 Å². The van der Waals surface area contributed by atoms with Crippen molar-refractivity contribution in [2.75, 3.05) is 5.43 Å². The molecule has 0 saturated heterocycles. The van der Waals surface area contributed by atoms with Gasteiger partial charge in [-0.05, 0) is 36.8 Å². The number of pyridine rings is 1. The Labute approximate surface area is 127 Å². The third-order valence-electron chi connectivity index (χ3n) is 3.13. The van der Waals surface area contributed by atoms with E-state index in [4.69, 9.17) is 12.2 Å². The fourth-order valence-corrected chi connectivity index (χ4v) is 2.33. The van der Waals surface area contributed by atoms with Crippen molar-refractivity contribution in [3.63, 3.8) is 0 Å². The highest BCUT2D eigenvalue weighted by Crippen LogP contribution is 2.15. The van der Waals surface area contributed by atoms with Crippen LogP contribution in [0.4, 0.5) is 0 Å². The first kappa shape index (κ1) is 13.5. The van der Waals surface area contributed by atoms with Crippen LogP contribution in [0.1, 0.15) is 11.1 Å². The lowest BCUT2D eigenvalue weighted by atomic mass is 10.1. The van der Waals surface area contributed by atoms with Gasteiger partial charge in [-0.15, -0.1) is 0 Å². The van der Waals surface area contributed by atoms with Crippen LogP contribution < -0.4 is 5.43 Å². The Kier molecular flexibility index (Phi) is 3.79. The summed E-state index contributed by atoms with van der Waals surface area (Å²) in [5, 5.41) is 7.09. The van der Waals surface area contributed by atoms with Crippen LogP contribution in [0, 0.1) is 11.7 Å². The maximum absolute atomic E-state index is 5.28. The maximum atomic E-state index is 5.28. The Morgan fingerprint density at radius 1 is 1.24 bits per heavy atom. The van der Waals surface area contributed by atoms with E-state index in [2.05, 4.69) is 45.7 Å². The summed E-state index contributed by atoms with van der Waals surface area (Å²) in [5.74, 6) is 0.745. The molecule has 0 spiro atoms.